The maximum atomic E-state index is 12.1. The standard InChI is InChI=1S/C22H23N3O4/c1-27-19-13-18(14-20(28-2)21(19)29-3)23-16-9-11-17(12-10-16)25-22(26)24-15-7-5-4-6-8-15/h4-14,23H,1-3H3,(H2,24,25,26). The summed E-state index contributed by atoms with van der Waals surface area (Å²) in [6.07, 6.45) is 0. The molecule has 0 saturated heterocycles. The number of urea groups is 1. The lowest BCUT2D eigenvalue weighted by molar-refractivity contribution is 0.262. The molecule has 0 radical (unpaired) electrons. The van der Waals surface area contributed by atoms with Crippen LogP contribution in [0, 0.1) is 0 Å². The SMILES string of the molecule is COc1cc(Nc2ccc(NC(=O)Nc3ccccc3)cc2)cc(OC)c1OC. The highest BCUT2D eigenvalue weighted by molar-refractivity contribution is 5.99. The molecule has 150 valence electrons. The molecule has 7 nitrogen and oxygen atoms in total. The fourth-order valence-corrected chi connectivity index (χ4v) is 2.77. The first-order chi connectivity index (χ1) is 14.1. The average Bonchev–Trinajstić information content (AvgIpc) is 2.75. The van der Waals surface area contributed by atoms with E-state index < -0.39 is 0 Å². The molecular weight excluding hydrogens is 370 g/mol. The zero-order valence-corrected chi connectivity index (χ0v) is 16.5. The highest BCUT2D eigenvalue weighted by Gasteiger charge is 2.13. The number of hydrogen-bond donors (Lipinski definition) is 3. The summed E-state index contributed by atoms with van der Waals surface area (Å²) >= 11 is 0. The third-order valence-electron chi connectivity index (χ3n) is 4.13. The van der Waals surface area contributed by atoms with Crippen molar-refractivity contribution >= 4 is 28.8 Å². The highest BCUT2D eigenvalue weighted by atomic mass is 16.5. The summed E-state index contributed by atoms with van der Waals surface area (Å²) in [5.74, 6) is 1.65. The minimum atomic E-state index is -0.304. The number of nitrogens with one attached hydrogen (secondary N) is 3. The fourth-order valence-electron chi connectivity index (χ4n) is 2.77. The van der Waals surface area contributed by atoms with Crippen LogP contribution in [-0.2, 0) is 0 Å². The molecule has 0 unspecified atom stereocenters. The van der Waals surface area contributed by atoms with E-state index in [4.69, 9.17) is 14.2 Å². The summed E-state index contributed by atoms with van der Waals surface area (Å²) in [4.78, 5) is 12.1. The molecule has 0 atom stereocenters. The molecule has 0 aliphatic carbocycles. The monoisotopic (exact) mass is 393 g/mol. The summed E-state index contributed by atoms with van der Waals surface area (Å²) in [7, 11) is 4.71. The number of amides is 2. The molecule has 2 amide bonds. The van der Waals surface area contributed by atoms with Crippen LogP contribution in [0.3, 0.4) is 0 Å². The predicted molar refractivity (Wildman–Crippen MR) is 115 cm³/mol. The van der Waals surface area contributed by atoms with Crippen molar-refractivity contribution in [2.24, 2.45) is 0 Å². The van der Waals surface area contributed by atoms with Crippen molar-refractivity contribution in [1.29, 1.82) is 0 Å². The van der Waals surface area contributed by atoms with Gasteiger partial charge in [0.2, 0.25) is 5.75 Å². The lowest BCUT2D eigenvalue weighted by Gasteiger charge is -2.15. The Balaban J connectivity index is 1.67. The minimum Gasteiger partial charge on any atom is -0.493 e. The topological polar surface area (TPSA) is 80.9 Å². The molecule has 3 rings (SSSR count). The average molecular weight is 393 g/mol. The number of rotatable bonds is 7. The molecule has 0 bridgehead atoms. The van der Waals surface area contributed by atoms with Crippen LogP contribution in [0.25, 0.3) is 0 Å². The quantitative estimate of drug-likeness (QED) is 0.520. The van der Waals surface area contributed by atoms with Crippen LogP contribution in [0.2, 0.25) is 0 Å². The number of carbonyl (C=O) groups excluding carboxylic acids is 1. The molecule has 0 aromatic heterocycles. The molecule has 0 saturated carbocycles. The van der Waals surface area contributed by atoms with Crippen molar-refractivity contribution in [3.8, 4) is 17.2 Å². The Labute approximate surface area is 169 Å². The van der Waals surface area contributed by atoms with Crippen molar-refractivity contribution in [1.82, 2.24) is 0 Å². The fraction of sp³-hybridized carbons (Fsp3) is 0.136. The van der Waals surface area contributed by atoms with E-state index in [0.717, 1.165) is 17.1 Å². The van der Waals surface area contributed by atoms with Gasteiger partial charge in [-0.2, -0.15) is 0 Å². The Kier molecular flexibility index (Phi) is 6.42. The Hall–Kier alpha value is -3.87. The smallest absolute Gasteiger partial charge is 0.323 e. The van der Waals surface area contributed by atoms with E-state index in [2.05, 4.69) is 16.0 Å². The predicted octanol–water partition coefficient (Wildman–Crippen LogP) is 5.10. The van der Waals surface area contributed by atoms with Crippen molar-refractivity contribution in [2.75, 3.05) is 37.3 Å². The van der Waals surface area contributed by atoms with Gasteiger partial charge in [0.15, 0.2) is 11.5 Å². The summed E-state index contributed by atoms with van der Waals surface area (Å²) in [5, 5.41) is 8.86. The van der Waals surface area contributed by atoms with E-state index in [0.29, 0.717) is 22.9 Å². The van der Waals surface area contributed by atoms with Gasteiger partial charge < -0.3 is 30.2 Å². The summed E-state index contributed by atoms with van der Waals surface area (Å²) in [6.45, 7) is 0. The van der Waals surface area contributed by atoms with Crippen LogP contribution < -0.4 is 30.2 Å². The number of methoxy groups -OCH3 is 3. The first-order valence-electron chi connectivity index (χ1n) is 8.93. The van der Waals surface area contributed by atoms with E-state index in [1.807, 2.05) is 66.7 Å². The van der Waals surface area contributed by atoms with Crippen molar-refractivity contribution < 1.29 is 19.0 Å². The van der Waals surface area contributed by atoms with Crippen LogP contribution in [0.4, 0.5) is 27.5 Å². The summed E-state index contributed by atoms with van der Waals surface area (Å²) in [5.41, 5.74) is 3.02. The van der Waals surface area contributed by atoms with Gasteiger partial charge in [-0.05, 0) is 36.4 Å². The van der Waals surface area contributed by atoms with Crippen molar-refractivity contribution in [3.63, 3.8) is 0 Å². The number of ether oxygens (including phenoxy) is 3. The summed E-state index contributed by atoms with van der Waals surface area (Å²) < 4.78 is 16.1. The van der Waals surface area contributed by atoms with Gasteiger partial charge in [0.25, 0.3) is 0 Å². The van der Waals surface area contributed by atoms with Gasteiger partial charge in [-0.3, -0.25) is 0 Å². The lowest BCUT2D eigenvalue weighted by atomic mass is 10.2. The Morgan fingerprint density at radius 3 is 1.69 bits per heavy atom. The third kappa shape index (κ3) is 5.10. The first-order valence-corrected chi connectivity index (χ1v) is 8.93. The zero-order valence-electron chi connectivity index (χ0n) is 16.5. The van der Waals surface area contributed by atoms with Crippen LogP contribution in [0.15, 0.2) is 66.7 Å². The van der Waals surface area contributed by atoms with E-state index in [1.54, 1.807) is 21.3 Å². The van der Waals surface area contributed by atoms with E-state index in [1.165, 1.54) is 0 Å². The number of para-hydroxylation sites is 1. The largest absolute Gasteiger partial charge is 0.493 e. The normalized spacial score (nSPS) is 10.0. The second-order valence-corrected chi connectivity index (χ2v) is 6.06. The van der Waals surface area contributed by atoms with Crippen LogP contribution in [0.1, 0.15) is 0 Å². The number of benzene rings is 3. The lowest BCUT2D eigenvalue weighted by Crippen LogP contribution is -2.19. The van der Waals surface area contributed by atoms with Gasteiger partial charge in [0.1, 0.15) is 0 Å². The molecular formula is C22H23N3O4. The van der Waals surface area contributed by atoms with Gasteiger partial charge in [0.05, 0.1) is 21.3 Å². The van der Waals surface area contributed by atoms with Crippen molar-refractivity contribution in [3.05, 3.63) is 66.7 Å². The van der Waals surface area contributed by atoms with Crippen LogP contribution >= 0.6 is 0 Å². The maximum Gasteiger partial charge on any atom is 0.323 e. The molecule has 3 aromatic carbocycles. The molecule has 0 spiro atoms. The molecule has 0 aliphatic heterocycles. The molecule has 0 fully saturated rings. The number of carbonyl (C=O) groups is 1. The highest BCUT2D eigenvalue weighted by Crippen LogP contribution is 2.40. The van der Waals surface area contributed by atoms with Crippen molar-refractivity contribution in [2.45, 2.75) is 0 Å². The van der Waals surface area contributed by atoms with E-state index >= 15 is 0 Å². The van der Waals surface area contributed by atoms with Gasteiger partial charge in [0, 0.05) is 34.9 Å². The maximum absolute atomic E-state index is 12.1. The molecule has 7 heteroatoms. The van der Waals surface area contributed by atoms with Gasteiger partial charge in [-0.1, -0.05) is 18.2 Å². The Bertz CT molecular complexity index is 935. The second kappa shape index (κ2) is 9.36. The molecule has 3 N–H and O–H groups in total. The van der Waals surface area contributed by atoms with Gasteiger partial charge in [-0.25, -0.2) is 4.79 Å². The molecule has 0 aliphatic rings. The number of hydrogen-bond acceptors (Lipinski definition) is 5. The van der Waals surface area contributed by atoms with E-state index in [9.17, 15) is 4.79 Å². The van der Waals surface area contributed by atoms with Gasteiger partial charge in [-0.15, -0.1) is 0 Å². The number of anilines is 4. The molecule has 29 heavy (non-hydrogen) atoms. The van der Waals surface area contributed by atoms with E-state index in [-0.39, 0.29) is 6.03 Å². The van der Waals surface area contributed by atoms with Gasteiger partial charge >= 0.3 is 6.03 Å². The van der Waals surface area contributed by atoms with Crippen LogP contribution in [-0.4, -0.2) is 27.4 Å². The Morgan fingerprint density at radius 1 is 0.655 bits per heavy atom. The minimum absolute atomic E-state index is 0.304. The van der Waals surface area contributed by atoms with Crippen LogP contribution in [0.5, 0.6) is 17.2 Å². The Morgan fingerprint density at radius 2 is 1.17 bits per heavy atom. The molecule has 0 heterocycles. The third-order valence-corrected chi connectivity index (χ3v) is 4.13. The zero-order chi connectivity index (χ0) is 20.6. The first kappa shape index (κ1) is 19.9. The molecule has 3 aromatic rings. The second-order valence-electron chi connectivity index (χ2n) is 6.06. The summed E-state index contributed by atoms with van der Waals surface area (Å²) in [6, 6.07) is 19.9.